The van der Waals surface area contributed by atoms with Crippen molar-refractivity contribution in [2.75, 3.05) is 13.6 Å². The summed E-state index contributed by atoms with van der Waals surface area (Å²) in [4.78, 5) is 4.21. The molecule has 0 spiro atoms. The summed E-state index contributed by atoms with van der Waals surface area (Å²) in [6, 6.07) is 0. The number of hydrogen-bond donors (Lipinski definition) is 2. The molecule has 0 aromatic carbocycles. The summed E-state index contributed by atoms with van der Waals surface area (Å²) in [5.41, 5.74) is 0. The van der Waals surface area contributed by atoms with Gasteiger partial charge in [0.2, 0.25) is 0 Å². The predicted molar refractivity (Wildman–Crippen MR) is 76.0 cm³/mol. The number of nitrogens with zero attached hydrogens (tertiary/aromatic N) is 4. The first-order valence-electron chi connectivity index (χ1n) is 7.06. The Morgan fingerprint density at radius 2 is 2.21 bits per heavy atom. The molecule has 2 N–H and O–H groups in total. The quantitative estimate of drug-likeness (QED) is 0.613. The van der Waals surface area contributed by atoms with Crippen molar-refractivity contribution in [2.45, 2.75) is 46.2 Å². The molecule has 0 radical (unpaired) electrons. The first kappa shape index (κ1) is 13.8. The standard InChI is InChI=1S/C13H24N6/c1-10(2)6-7-15-13(14-3)16-9-12-18-17-11-5-4-8-19(11)12/h10H,4-9H2,1-3H3,(H2,14,15,16). The van der Waals surface area contributed by atoms with Crippen molar-refractivity contribution in [3.8, 4) is 0 Å². The van der Waals surface area contributed by atoms with Crippen LogP contribution in [0.2, 0.25) is 0 Å². The van der Waals surface area contributed by atoms with Gasteiger partial charge in [0.15, 0.2) is 11.8 Å². The van der Waals surface area contributed by atoms with E-state index in [0.29, 0.717) is 12.5 Å². The monoisotopic (exact) mass is 264 g/mol. The van der Waals surface area contributed by atoms with Gasteiger partial charge in [-0.2, -0.15) is 0 Å². The number of aryl methyl sites for hydroxylation is 1. The maximum atomic E-state index is 4.22. The minimum Gasteiger partial charge on any atom is -0.356 e. The maximum Gasteiger partial charge on any atom is 0.191 e. The maximum absolute atomic E-state index is 4.22. The zero-order chi connectivity index (χ0) is 13.7. The minimum atomic E-state index is 0.675. The lowest BCUT2D eigenvalue weighted by Crippen LogP contribution is -2.38. The van der Waals surface area contributed by atoms with Gasteiger partial charge in [0.05, 0.1) is 6.54 Å². The van der Waals surface area contributed by atoms with Gasteiger partial charge in [-0.25, -0.2) is 0 Å². The Balaban J connectivity index is 1.79. The molecule has 0 saturated heterocycles. The lowest BCUT2D eigenvalue weighted by molar-refractivity contribution is 0.572. The average Bonchev–Trinajstić information content (AvgIpc) is 2.96. The first-order valence-corrected chi connectivity index (χ1v) is 7.06. The second-order valence-electron chi connectivity index (χ2n) is 5.32. The molecule has 2 rings (SSSR count). The number of hydrogen-bond acceptors (Lipinski definition) is 3. The van der Waals surface area contributed by atoms with Gasteiger partial charge in [0.1, 0.15) is 5.82 Å². The Morgan fingerprint density at radius 3 is 2.95 bits per heavy atom. The molecule has 0 bridgehead atoms. The summed E-state index contributed by atoms with van der Waals surface area (Å²) in [7, 11) is 1.79. The topological polar surface area (TPSA) is 67.1 Å². The largest absolute Gasteiger partial charge is 0.356 e. The third-order valence-electron chi connectivity index (χ3n) is 3.34. The van der Waals surface area contributed by atoms with Gasteiger partial charge >= 0.3 is 0 Å². The van der Waals surface area contributed by atoms with Crippen LogP contribution in [0, 0.1) is 5.92 Å². The average molecular weight is 264 g/mol. The molecular formula is C13H24N6. The molecule has 1 aromatic rings. The van der Waals surface area contributed by atoms with Crippen molar-refractivity contribution in [3.63, 3.8) is 0 Å². The zero-order valence-corrected chi connectivity index (χ0v) is 12.1. The highest BCUT2D eigenvalue weighted by atomic mass is 15.3. The van der Waals surface area contributed by atoms with Crippen LogP contribution in [0.1, 0.15) is 38.3 Å². The Labute approximate surface area is 114 Å². The molecule has 1 aromatic heterocycles. The number of aromatic nitrogens is 3. The fourth-order valence-corrected chi connectivity index (χ4v) is 2.20. The summed E-state index contributed by atoms with van der Waals surface area (Å²) < 4.78 is 2.20. The van der Waals surface area contributed by atoms with Crippen molar-refractivity contribution >= 4 is 5.96 Å². The Bertz CT molecular complexity index is 434. The van der Waals surface area contributed by atoms with Crippen molar-refractivity contribution in [1.82, 2.24) is 25.4 Å². The van der Waals surface area contributed by atoms with Crippen molar-refractivity contribution in [3.05, 3.63) is 11.6 Å². The molecule has 19 heavy (non-hydrogen) atoms. The first-order chi connectivity index (χ1) is 9.20. The zero-order valence-electron chi connectivity index (χ0n) is 12.1. The molecule has 1 aliphatic rings. The van der Waals surface area contributed by atoms with Crippen molar-refractivity contribution in [2.24, 2.45) is 10.9 Å². The Kier molecular flexibility index (Phi) is 4.76. The van der Waals surface area contributed by atoms with Crippen LogP contribution < -0.4 is 10.6 Å². The molecule has 6 heteroatoms. The Hall–Kier alpha value is -1.59. The van der Waals surface area contributed by atoms with Gasteiger partial charge in [-0.3, -0.25) is 4.99 Å². The molecule has 0 atom stereocenters. The van der Waals surface area contributed by atoms with Gasteiger partial charge in [-0.05, 0) is 18.8 Å². The normalized spacial score (nSPS) is 14.8. The van der Waals surface area contributed by atoms with Gasteiger partial charge in [-0.1, -0.05) is 13.8 Å². The molecule has 0 fully saturated rings. The van der Waals surface area contributed by atoms with Gasteiger partial charge in [0.25, 0.3) is 0 Å². The van der Waals surface area contributed by atoms with E-state index in [0.717, 1.165) is 43.5 Å². The lowest BCUT2D eigenvalue weighted by atomic mass is 10.1. The van der Waals surface area contributed by atoms with E-state index in [-0.39, 0.29) is 0 Å². The number of nitrogens with one attached hydrogen (secondary N) is 2. The van der Waals surface area contributed by atoms with Crippen LogP contribution in [0.3, 0.4) is 0 Å². The molecule has 6 nitrogen and oxygen atoms in total. The molecular weight excluding hydrogens is 240 g/mol. The van der Waals surface area contributed by atoms with E-state index in [4.69, 9.17) is 0 Å². The van der Waals surface area contributed by atoms with E-state index in [1.807, 2.05) is 0 Å². The highest BCUT2D eigenvalue weighted by Crippen LogP contribution is 2.13. The van der Waals surface area contributed by atoms with Crippen LogP contribution in [-0.4, -0.2) is 34.3 Å². The lowest BCUT2D eigenvalue weighted by Gasteiger charge is -2.12. The van der Waals surface area contributed by atoms with Crippen LogP contribution in [0.25, 0.3) is 0 Å². The molecule has 0 amide bonds. The second kappa shape index (κ2) is 6.54. The highest BCUT2D eigenvalue weighted by molar-refractivity contribution is 5.79. The van der Waals surface area contributed by atoms with Crippen LogP contribution in [0.4, 0.5) is 0 Å². The fraction of sp³-hybridized carbons (Fsp3) is 0.769. The summed E-state index contributed by atoms with van der Waals surface area (Å²) in [5, 5.41) is 15.0. The SMILES string of the molecule is CN=C(NCCC(C)C)NCc1nnc2n1CCC2. The van der Waals surface area contributed by atoms with Crippen LogP contribution in [0.5, 0.6) is 0 Å². The molecule has 0 saturated carbocycles. The van der Waals surface area contributed by atoms with Crippen molar-refractivity contribution < 1.29 is 0 Å². The minimum absolute atomic E-state index is 0.675. The van der Waals surface area contributed by atoms with E-state index in [1.165, 1.54) is 6.42 Å². The smallest absolute Gasteiger partial charge is 0.191 e. The summed E-state index contributed by atoms with van der Waals surface area (Å²) >= 11 is 0. The van der Waals surface area contributed by atoms with Crippen molar-refractivity contribution in [1.29, 1.82) is 0 Å². The number of rotatable bonds is 5. The predicted octanol–water partition coefficient (Wildman–Crippen LogP) is 0.935. The van der Waals surface area contributed by atoms with Gasteiger partial charge in [0, 0.05) is 26.6 Å². The number of fused-ring (bicyclic) bond motifs is 1. The third-order valence-corrected chi connectivity index (χ3v) is 3.34. The van der Waals surface area contributed by atoms with E-state index in [1.54, 1.807) is 7.05 Å². The molecule has 0 aliphatic carbocycles. The van der Waals surface area contributed by atoms with Crippen LogP contribution in [0.15, 0.2) is 4.99 Å². The van der Waals surface area contributed by atoms with E-state index in [9.17, 15) is 0 Å². The summed E-state index contributed by atoms with van der Waals surface area (Å²) in [5.74, 6) is 3.64. The van der Waals surface area contributed by atoms with Crippen LogP contribution in [-0.2, 0) is 19.5 Å². The number of aliphatic imine (C=N–C) groups is 1. The molecule has 1 aliphatic heterocycles. The fourth-order valence-electron chi connectivity index (χ4n) is 2.20. The highest BCUT2D eigenvalue weighted by Gasteiger charge is 2.16. The number of guanidine groups is 1. The van der Waals surface area contributed by atoms with Gasteiger partial charge < -0.3 is 15.2 Å². The third kappa shape index (κ3) is 3.68. The second-order valence-corrected chi connectivity index (χ2v) is 5.32. The van der Waals surface area contributed by atoms with Gasteiger partial charge in [-0.15, -0.1) is 10.2 Å². The molecule has 0 unspecified atom stereocenters. The van der Waals surface area contributed by atoms with Crippen LogP contribution >= 0.6 is 0 Å². The molecule has 106 valence electrons. The van der Waals surface area contributed by atoms with E-state index >= 15 is 0 Å². The Morgan fingerprint density at radius 1 is 1.37 bits per heavy atom. The summed E-state index contributed by atoms with van der Waals surface area (Å²) in [6.07, 6.45) is 3.37. The van der Waals surface area contributed by atoms with E-state index < -0.39 is 0 Å². The summed E-state index contributed by atoms with van der Waals surface area (Å²) in [6.45, 7) is 7.09. The van der Waals surface area contributed by atoms with E-state index in [2.05, 4.69) is 44.2 Å². The molecule has 2 heterocycles.